The summed E-state index contributed by atoms with van der Waals surface area (Å²) in [6, 6.07) is 15.0. The number of allylic oxidation sites excluding steroid dienone is 2. The van der Waals surface area contributed by atoms with Gasteiger partial charge in [0.05, 0.1) is 34.1 Å². The number of amides is 1. The van der Waals surface area contributed by atoms with Gasteiger partial charge in [0.2, 0.25) is 0 Å². The van der Waals surface area contributed by atoms with E-state index in [0.717, 1.165) is 29.4 Å². The van der Waals surface area contributed by atoms with Crippen LogP contribution in [0.15, 0.2) is 71.4 Å². The van der Waals surface area contributed by atoms with E-state index in [0.29, 0.717) is 27.9 Å². The van der Waals surface area contributed by atoms with Gasteiger partial charge < -0.3 is 14.5 Å². The van der Waals surface area contributed by atoms with Gasteiger partial charge in [0.25, 0.3) is 5.91 Å². The number of anilines is 3. The molecule has 0 saturated carbocycles. The molecule has 0 radical (unpaired) electrons. The number of esters is 1. The number of carbonyl (C=O) groups is 2. The van der Waals surface area contributed by atoms with Crippen LogP contribution in [0.3, 0.4) is 0 Å². The largest absolute Gasteiger partial charge is 0.462 e. The Bertz CT molecular complexity index is 1160. The van der Waals surface area contributed by atoms with Gasteiger partial charge in [-0.1, -0.05) is 42.2 Å². The average molecular weight is 480 g/mol. The summed E-state index contributed by atoms with van der Waals surface area (Å²) in [5.41, 5.74) is 3.25. The van der Waals surface area contributed by atoms with Crippen molar-refractivity contribution in [2.24, 2.45) is 0 Å². The molecule has 0 atom stereocenters. The lowest BCUT2D eigenvalue weighted by molar-refractivity contribution is -0.113. The summed E-state index contributed by atoms with van der Waals surface area (Å²) >= 11 is 6.78. The van der Waals surface area contributed by atoms with Crippen LogP contribution < -0.4 is 14.7 Å². The number of thiocarbonyl (C=S) groups is 1. The smallest absolute Gasteiger partial charge is 0.338 e. The SMILES string of the molecule is CCOC(=O)c1ccc2c(c1)N(CC)/C(=C/C=C1/SC(=S)N(c3ccccc3)C1=O)N2CC. The topological polar surface area (TPSA) is 53.1 Å². The molecule has 2 aliphatic heterocycles. The van der Waals surface area contributed by atoms with Crippen LogP contribution in [0, 0.1) is 0 Å². The summed E-state index contributed by atoms with van der Waals surface area (Å²) in [4.78, 5) is 31.8. The molecule has 33 heavy (non-hydrogen) atoms. The number of hydrogen-bond acceptors (Lipinski definition) is 7. The third-order valence-corrected chi connectivity index (χ3v) is 6.77. The molecule has 0 spiro atoms. The second kappa shape index (κ2) is 9.80. The molecule has 1 saturated heterocycles. The molecule has 4 rings (SSSR count). The van der Waals surface area contributed by atoms with Crippen molar-refractivity contribution in [2.75, 3.05) is 34.4 Å². The first-order valence-corrected chi connectivity index (χ1v) is 12.1. The third-order valence-electron chi connectivity index (χ3n) is 5.45. The van der Waals surface area contributed by atoms with Gasteiger partial charge in [-0.05, 0) is 63.3 Å². The Morgan fingerprint density at radius 2 is 1.70 bits per heavy atom. The van der Waals surface area contributed by atoms with E-state index in [4.69, 9.17) is 17.0 Å². The van der Waals surface area contributed by atoms with Gasteiger partial charge in [0.15, 0.2) is 4.32 Å². The highest BCUT2D eigenvalue weighted by Gasteiger charge is 2.34. The average Bonchev–Trinajstić information content (AvgIpc) is 3.29. The Morgan fingerprint density at radius 1 is 1.00 bits per heavy atom. The van der Waals surface area contributed by atoms with E-state index in [9.17, 15) is 9.59 Å². The zero-order chi connectivity index (χ0) is 23.5. The predicted octanol–water partition coefficient (Wildman–Crippen LogP) is 5.32. The molecule has 0 unspecified atom stereocenters. The Kier molecular flexibility index (Phi) is 6.85. The van der Waals surface area contributed by atoms with Crippen LogP contribution in [-0.4, -0.2) is 35.9 Å². The van der Waals surface area contributed by atoms with E-state index >= 15 is 0 Å². The Labute approximate surface area is 203 Å². The number of rotatable bonds is 6. The fourth-order valence-electron chi connectivity index (χ4n) is 3.98. The monoisotopic (exact) mass is 479 g/mol. The van der Waals surface area contributed by atoms with Gasteiger partial charge in [0, 0.05) is 13.1 Å². The molecule has 2 aliphatic rings. The van der Waals surface area contributed by atoms with Crippen LogP contribution in [0.1, 0.15) is 31.1 Å². The maximum absolute atomic E-state index is 13.1. The first-order chi connectivity index (χ1) is 16.0. The van der Waals surface area contributed by atoms with Crippen LogP contribution in [0.2, 0.25) is 0 Å². The minimum Gasteiger partial charge on any atom is -0.462 e. The molecule has 6 nitrogen and oxygen atoms in total. The summed E-state index contributed by atoms with van der Waals surface area (Å²) in [5.74, 6) is 0.488. The fraction of sp³-hybridized carbons (Fsp3) is 0.240. The molecule has 2 aromatic rings. The second-order valence-electron chi connectivity index (χ2n) is 7.31. The van der Waals surface area contributed by atoms with Gasteiger partial charge in [0.1, 0.15) is 5.82 Å². The number of thioether (sulfide) groups is 1. The van der Waals surface area contributed by atoms with Crippen LogP contribution >= 0.6 is 24.0 Å². The van der Waals surface area contributed by atoms with E-state index in [1.807, 2.05) is 54.6 Å². The number of fused-ring (bicyclic) bond motifs is 1. The van der Waals surface area contributed by atoms with E-state index in [2.05, 4.69) is 23.6 Å². The van der Waals surface area contributed by atoms with E-state index in [-0.39, 0.29) is 11.9 Å². The maximum atomic E-state index is 13.1. The van der Waals surface area contributed by atoms with Crippen LogP contribution in [-0.2, 0) is 9.53 Å². The lowest BCUT2D eigenvalue weighted by Crippen LogP contribution is -2.28. The molecule has 0 aliphatic carbocycles. The molecule has 0 N–H and O–H groups in total. The van der Waals surface area contributed by atoms with Crippen molar-refractivity contribution < 1.29 is 14.3 Å². The predicted molar refractivity (Wildman–Crippen MR) is 139 cm³/mol. The van der Waals surface area contributed by atoms with Crippen LogP contribution in [0.4, 0.5) is 17.1 Å². The minimum absolute atomic E-state index is 0.126. The van der Waals surface area contributed by atoms with Crippen LogP contribution in [0.25, 0.3) is 0 Å². The van der Waals surface area contributed by atoms with Crippen LogP contribution in [0.5, 0.6) is 0 Å². The van der Waals surface area contributed by atoms with Crippen molar-refractivity contribution in [3.8, 4) is 0 Å². The molecule has 1 amide bonds. The van der Waals surface area contributed by atoms with Gasteiger partial charge in [-0.15, -0.1) is 0 Å². The first kappa shape index (κ1) is 23.1. The maximum Gasteiger partial charge on any atom is 0.338 e. The summed E-state index contributed by atoms with van der Waals surface area (Å²) in [6.07, 6.45) is 3.79. The molecule has 8 heteroatoms. The van der Waals surface area contributed by atoms with Gasteiger partial charge in [-0.2, -0.15) is 0 Å². The van der Waals surface area contributed by atoms with Crippen molar-refractivity contribution in [3.63, 3.8) is 0 Å². The summed E-state index contributed by atoms with van der Waals surface area (Å²) in [5, 5.41) is 0. The van der Waals surface area contributed by atoms with Crippen molar-refractivity contribution in [1.82, 2.24) is 0 Å². The standard InChI is InChI=1S/C25H25N3O3S2/c1-4-26-19-13-12-17(24(30)31-6-3)16-20(19)27(5-2)22(26)15-14-21-23(29)28(25(32)33-21)18-10-8-7-9-11-18/h7-16H,4-6H2,1-3H3/b21-14+,22-15+. The molecule has 2 aromatic carbocycles. The number of para-hydroxylation sites is 1. The molecule has 170 valence electrons. The lowest BCUT2D eigenvalue weighted by atomic mass is 10.1. The van der Waals surface area contributed by atoms with Gasteiger partial charge in [-0.3, -0.25) is 9.69 Å². The van der Waals surface area contributed by atoms with Crippen molar-refractivity contribution >= 4 is 57.2 Å². The number of nitrogens with zero attached hydrogens (tertiary/aromatic N) is 3. The Morgan fingerprint density at radius 3 is 2.36 bits per heavy atom. The highest BCUT2D eigenvalue weighted by molar-refractivity contribution is 8.27. The number of hydrogen-bond donors (Lipinski definition) is 0. The second-order valence-corrected chi connectivity index (χ2v) is 8.99. The summed E-state index contributed by atoms with van der Waals surface area (Å²) in [7, 11) is 0. The number of ether oxygens (including phenoxy) is 1. The number of carbonyl (C=O) groups excluding carboxylic acids is 2. The fourth-order valence-corrected chi connectivity index (χ4v) is 5.22. The van der Waals surface area contributed by atoms with Gasteiger partial charge >= 0.3 is 5.97 Å². The van der Waals surface area contributed by atoms with Gasteiger partial charge in [-0.25, -0.2) is 4.79 Å². The number of benzene rings is 2. The van der Waals surface area contributed by atoms with E-state index in [1.54, 1.807) is 17.9 Å². The zero-order valence-corrected chi connectivity index (χ0v) is 20.4. The molecular formula is C25H25N3O3S2. The summed E-state index contributed by atoms with van der Waals surface area (Å²) in [6.45, 7) is 7.71. The molecule has 1 fully saturated rings. The quantitative estimate of drug-likeness (QED) is 0.316. The van der Waals surface area contributed by atoms with Crippen molar-refractivity contribution in [1.29, 1.82) is 0 Å². The summed E-state index contributed by atoms with van der Waals surface area (Å²) < 4.78 is 5.69. The third kappa shape index (κ3) is 4.28. The molecule has 2 heterocycles. The van der Waals surface area contributed by atoms with Crippen molar-refractivity contribution in [3.05, 3.63) is 77.0 Å². The van der Waals surface area contributed by atoms with E-state index < -0.39 is 0 Å². The normalized spacial score (nSPS) is 18.0. The lowest BCUT2D eigenvalue weighted by Gasteiger charge is -2.23. The first-order valence-electron chi connectivity index (χ1n) is 10.9. The Hall–Kier alpha value is -3.10. The minimum atomic E-state index is -0.332. The molecular weight excluding hydrogens is 454 g/mol. The highest BCUT2D eigenvalue weighted by atomic mass is 32.2. The molecule has 0 bridgehead atoms. The Balaban J connectivity index is 1.67. The van der Waals surface area contributed by atoms with Crippen molar-refractivity contribution in [2.45, 2.75) is 20.8 Å². The van der Waals surface area contributed by atoms with E-state index in [1.165, 1.54) is 11.8 Å². The zero-order valence-electron chi connectivity index (χ0n) is 18.8. The highest BCUT2D eigenvalue weighted by Crippen LogP contribution is 2.42. The molecule has 0 aromatic heterocycles.